The van der Waals surface area contributed by atoms with E-state index in [-0.39, 0.29) is 11.4 Å². The molecule has 1 atom stereocenters. The van der Waals surface area contributed by atoms with Crippen LogP contribution < -0.4 is 0 Å². The molecule has 19 heavy (non-hydrogen) atoms. The molecule has 1 unspecified atom stereocenters. The number of rotatable bonds is 2. The predicted molar refractivity (Wildman–Crippen MR) is 72.4 cm³/mol. The summed E-state index contributed by atoms with van der Waals surface area (Å²) in [5.41, 5.74) is 0.970. The molecule has 2 aliphatic rings. The van der Waals surface area contributed by atoms with Crippen LogP contribution in [0.3, 0.4) is 0 Å². The predicted octanol–water partition coefficient (Wildman–Crippen LogP) is 2.69. The quantitative estimate of drug-likeness (QED) is 0.817. The van der Waals surface area contributed by atoms with Gasteiger partial charge in [-0.25, -0.2) is 0 Å². The van der Waals surface area contributed by atoms with Gasteiger partial charge in [-0.05, 0) is 24.8 Å². The highest BCUT2D eigenvalue weighted by atomic mass is 16.2. The Bertz CT molecular complexity index is 497. The third-order valence-electron chi connectivity index (χ3n) is 4.49. The maximum absolute atomic E-state index is 12.2. The van der Waals surface area contributed by atoms with Crippen molar-refractivity contribution in [3.8, 4) is 0 Å². The number of carbonyl (C=O) groups is 2. The van der Waals surface area contributed by atoms with Gasteiger partial charge in [-0.15, -0.1) is 0 Å². The minimum atomic E-state index is -0.178. The molecule has 3 rings (SSSR count). The number of likely N-dealkylation sites (tertiary alicyclic amines) is 1. The molecule has 100 valence electrons. The molecule has 1 spiro atoms. The summed E-state index contributed by atoms with van der Waals surface area (Å²) in [5, 5.41) is 0. The molecule has 1 aromatic rings. The highest BCUT2D eigenvalue weighted by Crippen LogP contribution is 2.41. The van der Waals surface area contributed by atoms with E-state index in [1.54, 1.807) is 0 Å². The van der Waals surface area contributed by atoms with Gasteiger partial charge in [-0.2, -0.15) is 0 Å². The molecule has 1 aliphatic heterocycles. The first-order valence-corrected chi connectivity index (χ1v) is 7.06. The monoisotopic (exact) mass is 257 g/mol. The van der Waals surface area contributed by atoms with Crippen LogP contribution in [-0.2, 0) is 16.1 Å². The second-order valence-corrected chi connectivity index (χ2v) is 5.76. The summed E-state index contributed by atoms with van der Waals surface area (Å²) in [6.07, 6.45) is 4.61. The average molecular weight is 257 g/mol. The van der Waals surface area contributed by atoms with Gasteiger partial charge in [0.15, 0.2) is 0 Å². The zero-order valence-electron chi connectivity index (χ0n) is 11.1. The lowest BCUT2D eigenvalue weighted by atomic mass is 9.79. The maximum Gasteiger partial charge on any atom is 0.223 e. The van der Waals surface area contributed by atoms with Crippen molar-refractivity contribution in [3.63, 3.8) is 0 Å². The van der Waals surface area contributed by atoms with Crippen molar-refractivity contribution >= 4 is 11.7 Å². The Balaban J connectivity index is 1.84. The van der Waals surface area contributed by atoms with Crippen LogP contribution >= 0.6 is 0 Å². The fourth-order valence-corrected chi connectivity index (χ4v) is 3.50. The molecular weight excluding hydrogens is 238 g/mol. The van der Waals surface area contributed by atoms with Gasteiger partial charge in [-0.1, -0.05) is 30.3 Å². The van der Waals surface area contributed by atoms with Crippen LogP contribution in [0.1, 0.15) is 44.1 Å². The van der Waals surface area contributed by atoms with Gasteiger partial charge < -0.3 is 4.90 Å². The molecule has 3 heteroatoms. The van der Waals surface area contributed by atoms with E-state index < -0.39 is 0 Å². The smallest absolute Gasteiger partial charge is 0.223 e. The Morgan fingerprint density at radius 2 is 1.84 bits per heavy atom. The maximum atomic E-state index is 12.2. The van der Waals surface area contributed by atoms with Gasteiger partial charge in [0.25, 0.3) is 0 Å². The number of hydrogen-bond acceptors (Lipinski definition) is 2. The third kappa shape index (κ3) is 2.29. The van der Waals surface area contributed by atoms with Crippen LogP contribution in [0.15, 0.2) is 30.3 Å². The summed E-state index contributed by atoms with van der Waals surface area (Å²) >= 11 is 0. The zero-order valence-corrected chi connectivity index (χ0v) is 11.1. The number of carbonyl (C=O) groups excluding carboxylic acids is 2. The first-order valence-electron chi connectivity index (χ1n) is 7.06. The number of hydrogen-bond donors (Lipinski definition) is 0. The van der Waals surface area contributed by atoms with E-state index in [4.69, 9.17) is 0 Å². The van der Waals surface area contributed by atoms with Gasteiger partial charge in [0.1, 0.15) is 5.78 Å². The number of Topliss-reactive ketones (excluding diaryl/α,β-unsaturated/α-hetero) is 1. The van der Waals surface area contributed by atoms with Crippen molar-refractivity contribution in [2.75, 3.05) is 0 Å². The first kappa shape index (κ1) is 12.4. The van der Waals surface area contributed by atoms with Crippen LogP contribution in [0.25, 0.3) is 0 Å². The van der Waals surface area contributed by atoms with E-state index in [2.05, 4.69) is 0 Å². The summed E-state index contributed by atoms with van der Waals surface area (Å²) in [4.78, 5) is 25.9. The van der Waals surface area contributed by atoms with E-state index in [9.17, 15) is 9.59 Å². The molecular formula is C16H19NO2. The molecule has 1 saturated carbocycles. The second-order valence-electron chi connectivity index (χ2n) is 5.76. The molecule has 1 aliphatic carbocycles. The summed E-state index contributed by atoms with van der Waals surface area (Å²) in [6, 6.07) is 10.1. The molecule has 1 aromatic carbocycles. The molecule has 0 aromatic heterocycles. The Morgan fingerprint density at radius 3 is 2.58 bits per heavy atom. The van der Waals surface area contributed by atoms with Crippen molar-refractivity contribution in [1.29, 1.82) is 0 Å². The summed E-state index contributed by atoms with van der Waals surface area (Å²) < 4.78 is 0. The Kier molecular flexibility index (Phi) is 3.13. The summed E-state index contributed by atoms with van der Waals surface area (Å²) in [5.74, 6) is 0.526. The van der Waals surface area contributed by atoms with E-state index in [0.29, 0.717) is 31.6 Å². The second kappa shape index (κ2) is 4.80. The first-order chi connectivity index (χ1) is 9.20. The minimum absolute atomic E-state index is 0.178. The number of amides is 1. The molecule has 1 heterocycles. The lowest BCUT2D eigenvalue weighted by molar-refractivity contribution is -0.135. The molecule has 0 bridgehead atoms. The topological polar surface area (TPSA) is 37.4 Å². The Labute approximate surface area is 113 Å². The summed E-state index contributed by atoms with van der Waals surface area (Å²) in [6.45, 7) is 0.646. The van der Waals surface area contributed by atoms with Gasteiger partial charge in [0, 0.05) is 25.8 Å². The lowest BCUT2D eigenvalue weighted by Crippen LogP contribution is -2.48. The van der Waals surface area contributed by atoms with E-state index >= 15 is 0 Å². The van der Waals surface area contributed by atoms with E-state index in [0.717, 1.165) is 24.8 Å². The van der Waals surface area contributed by atoms with Crippen LogP contribution in [0, 0.1) is 0 Å². The zero-order chi connectivity index (χ0) is 13.3. The Morgan fingerprint density at radius 1 is 1.05 bits per heavy atom. The highest BCUT2D eigenvalue weighted by molar-refractivity contribution is 5.85. The van der Waals surface area contributed by atoms with Crippen LogP contribution in [0.2, 0.25) is 0 Å². The molecule has 1 amide bonds. The standard InChI is InChI=1S/C16H19NO2/c18-14-7-4-9-16(11-14)10-8-15(19)17(16)12-13-5-2-1-3-6-13/h1-3,5-6H,4,7-12H2. The van der Waals surface area contributed by atoms with Crippen molar-refractivity contribution < 1.29 is 9.59 Å². The largest absolute Gasteiger partial charge is 0.332 e. The minimum Gasteiger partial charge on any atom is -0.332 e. The number of benzene rings is 1. The van der Waals surface area contributed by atoms with Crippen molar-refractivity contribution in [2.45, 2.75) is 50.6 Å². The van der Waals surface area contributed by atoms with Gasteiger partial charge in [0.05, 0.1) is 5.54 Å². The van der Waals surface area contributed by atoms with Crippen LogP contribution in [0.4, 0.5) is 0 Å². The van der Waals surface area contributed by atoms with Crippen molar-refractivity contribution in [2.24, 2.45) is 0 Å². The molecule has 1 saturated heterocycles. The van der Waals surface area contributed by atoms with Gasteiger partial charge >= 0.3 is 0 Å². The molecule has 0 radical (unpaired) electrons. The average Bonchev–Trinajstić information content (AvgIpc) is 2.69. The van der Waals surface area contributed by atoms with E-state index in [1.165, 1.54) is 0 Å². The van der Waals surface area contributed by atoms with Crippen molar-refractivity contribution in [3.05, 3.63) is 35.9 Å². The number of ketones is 1. The highest BCUT2D eigenvalue weighted by Gasteiger charge is 2.47. The van der Waals surface area contributed by atoms with Gasteiger partial charge in [-0.3, -0.25) is 9.59 Å². The molecule has 0 N–H and O–H groups in total. The lowest BCUT2D eigenvalue weighted by Gasteiger charge is -2.41. The van der Waals surface area contributed by atoms with E-state index in [1.807, 2.05) is 35.2 Å². The SMILES string of the molecule is O=C1CCCC2(CCC(=O)N2Cc2ccccc2)C1. The molecule has 2 fully saturated rings. The third-order valence-corrected chi connectivity index (χ3v) is 4.49. The van der Waals surface area contributed by atoms with Gasteiger partial charge in [0.2, 0.25) is 5.91 Å². The molecule has 3 nitrogen and oxygen atoms in total. The fourth-order valence-electron chi connectivity index (χ4n) is 3.50. The number of nitrogens with zero attached hydrogens (tertiary/aromatic N) is 1. The Hall–Kier alpha value is -1.64. The van der Waals surface area contributed by atoms with Crippen LogP contribution in [-0.4, -0.2) is 22.1 Å². The normalized spacial score (nSPS) is 27.3. The van der Waals surface area contributed by atoms with Crippen LogP contribution in [0.5, 0.6) is 0 Å². The summed E-state index contributed by atoms with van der Waals surface area (Å²) in [7, 11) is 0. The fraction of sp³-hybridized carbons (Fsp3) is 0.500. The van der Waals surface area contributed by atoms with Crippen molar-refractivity contribution in [1.82, 2.24) is 4.90 Å².